The normalized spacial score (nSPS) is 17.7. The van der Waals surface area contributed by atoms with E-state index in [1.807, 2.05) is 0 Å². The van der Waals surface area contributed by atoms with Crippen molar-refractivity contribution in [1.29, 1.82) is 0 Å². The molecular weight excluding hydrogens is 202 g/mol. The van der Waals surface area contributed by atoms with Gasteiger partial charge in [-0.25, -0.2) is 4.79 Å². The number of esters is 1. The summed E-state index contributed by atoms with van der Waals surface area (Å²) in [7, 11) is 0. The molecule has 0 fully saturated rings. The second kappa shape index (κ2) is 5.66. The zero-order chi connectivity index (χ0) is 10.4. The maximum absolute atomic E-state index is 11.1. The van der Waals surface area contributed by atoms with Crippen LogP contribution in [0.4, 0.5) is 0 Å². The minimum atomic E-state index is -0.394. The molecule has 78 valence electrons. The van der Waals surface area contributed by atoms with E-state index in [1.165, 1.54) is 6.08 Å². The molecule has 0 aliphatic carbocycles. The molecule has 6 heteroatoms. The molecule has 0 bridgehead atoms. The van der Waals surface area contributed by atoms with Gasteiger partial charge in [0.15, 0.2) is 0 Å². The third kappa shape index (κ3) is 4.29. The third-order valence-electron chi connectivity index (χ3n) is 1.35. The summed E-state index contributed by atoms with van der Waals surface area (Å²) in [6.07, 6.45) is 2.92. The van der Waals surface area contributed by atoms with Crippen LogP contribution in [0.2, 0.25) is 0 Å². The van der Waals surface area contributed by atoms with Crippen molar-refractivity contribution in [3.63, 3.8) is 0 Å². The molecule has 2 N–H and O–H groups in total. The van der Waals surface area contributed by atoms with Gasteiger partial charge < -0.3 is 10.5 Å². The molecule has 14 heavy (non-hydrogen) atoms. The number of rotatable bonds is 4. The Kier molecular flexibility index (Phi) is 4.48. The molecule has 1 rings (SSSR count). The fourth-order valence-electron chi connectivity index (χ4n) is 0.727. The Hall–Kier alpha value is -1.01. The molecule has 1 aliphatic rings. The van der Waals surface area contributed by atoms with Crippen molar-refractivity contribution in [1.82, 2.24) is 5.01 Å². The van der Waals surface area contributed by atoms with Gasteiger partial charge in [0.1, 0.15) is 6.61 Å². The molecule has 0 aromatic carbocycles. The zero-order valence-corrected chi connectivity index (χ0v) is 8.74. The maximum Gasteiger partial charge on any atom is 0.332 e. The van der Waals surface area contributed by atoms with Gasteiger partial charge >= 0.3 is 5.97 Å². The van der Waals surface area contributed by atoms with Crippen molar-refractivity contribution in [3.8, 4) is 0 Å². The van der Waals surface area contributed by atoms with Crippen LogP contribution in [-0.4, -0.2) is 35.1 Å². The lowest BCUT2D eigenvalue weighted by molar-refractivity contribution is -0.138. The van der Waals surface area contributed by atoms with E-state index in [-0.39, 0.29) is 12.6 Å². The van der Waals surface area contributed by atoms with Crippen molar-refractivity contribution >= 4 is 23.3 Å². The van der Waals surface area contributed by atoms with E-state index < -0.39 is 5.97 Å². The third-order valence-corrected chi connectivity index (χ3v) is 2.00. The molecule has 1 heterocycles. The summed E-state index contributed by atoms with van der Waals surface area (Å²) in [6.45, 7) is 2.01. The maximum atomic E-state index is 11.1. The summed E-state index contributed by atoms with van der Waals surface area (Å²) in [5.41, 5.74) is 7.14. The molecule has 0 amide bonds. The van der Waals surface area contributed by atoms with Crippen LogP contribution >= 0.6 is 11.8 Å². The lowest BCUT2D eigenvalue weighted by Gasteiger charge is -2.06. The molecule has 1 aliphatic heterocycles. The molecule has 1 atom stereocenters. The minimum absolute atomic E-state index is 0.132. The van der Waals surface area contributed by atoms with Crippen LogP contribution in [0.15, 0.2) is 17.4 Å². The van der Waals surface area contributed by atoms with Crippen LogP contribution in [0.3, 0.4) is 0 Å². The first-order chi connectivity index (χ1) is 6.68. The summed E-state index contributed by atoms with van der Waals surface area (Å²) in [5.74, 6) is 0.339. The van der Waals surface area contributed by atoms with E-state index in [4.69, 9.17) is 10.5 Å². The number of nitrogens with zero attached hydrogens (tertiary/aromatic N) is 2. The average Bonchev–Trinajstić information content (AvgIpc) is 2.63. The fraction of sp³-hybridized carbons (Fsp3) is 0.500. The first-order valence-corrected chi connectivity index (χ1v) is 5.24. The fourth-order valence-corrected chi connectivity index (χ4v) is 1.29. The number of carbonyl (C=O) groups excluding carboxylic acids is 1. The van der Waals surface area contributed by atoms with E-state index in [0.717, 1.165) is 5.88 Å². The van der Waals surface area contributed by atoms with Gasteiger partial charge in [-0.3, -0.25) is 5.01 Å². The lowest BCUT2D eigenvalue weighted by atomic mass is 10.4. The highest BCUT2D eigenvalue weighted by Crippen LogP contribution is 2.09. The topological polar surface area (TPSA) is 67.9 Å². The Balaban J connectivity index is 2.22. The van der Waals surface area contributed by atoms with Gasteiger partial charge in [0, 0.05) is 18.3 Å². The van der Waals surface area contributed by atoms with Gasteiger partial charge in [-0.1, -0.05) is 11.8 Å². The number of hydrazone groups is 1. The number of ether oxygens (including phenoxy) is 1. The van der Waals surface area contributed by atoms with Crippen LogP contribution in [-0.2, 0) is 9.53 Å². The molecule has 0 saturated heterocycles. The summed E-state index contributed by atoms with van der Waals surface area (Å²) in [6, 6.07) is -0.132. The van der Waals surface area contributed by atoms with Gasteiger partial charge in [-0.15, -0.1) is 0 Å². The largest absolute Gasteiger partial charge is 0.461 e. The number of carbonyl (C=O) groups is 1. The van der Waals surface area contributed by atoms with Gasteiger partial charge in [-0.05, 0) is 6.92 Å². The molecule has 0 radical (unpaired) electrons. The second-order valence-electron chi connectivity index (χ2n) is 2.88. The number of thioether (sulfide) groups is 1. The highest BCUT2D eigenvalue weighted by molar-refractivity contribution is 8.12. The van der Waals surface area contributed by atoms with Gasteiger partial charge in [0.25, 0.3) is 0 Å². The summed E-state index contributed by atoms with van der Waals surface area (Å²) in [4.78, 5) is 11.1. The molecule has 0 saturated carbocycles. The SMILES string of the molecule is CC(N)COC(=O)C=CN1CSC=N1. The highest BCUT2D eigenvalue weighted by Gasteiger charge is 2.03. The van der Waals surface area contributed by atoms with Crippen LogP contribution in [0.25, 0.3) is 0 Å². The highest BCUT2D eigenvalue weighted by atomic mass is 32.2. The van der Waals surface area contributed by atoms with Gasteiger partial charge in [0.2, 0.25) is 0 Å². The van der Waals surface area contributed by atoms with E-state index in [1.54, 1.807) is 35.4 Å². The van der Waals surface area contributed by atoms with E-state index in [2.05, 4.69) is 5.10 Å². The number of nitrogens with two attached hydrogens (primary N) is 1. The van der Waals surface area contributed by atoms with Crippen LogP contribution in [0.1, 0.15) is 6.92 Å². The zero-order valence-electron chi connectivity index (χ0n) is 7.92. The monoisotopic (exact) mass is 215 g/mol. The Morgan fingerprint density at radius 1 is 1.93 bits per heavy atom. The van der Waals surface area contributed by atoms with Crippen molar-refractivity contribution in [2.75, 3.05) is 12.5 Å². The molecular formula is C8H13N3O2S. The summed E-state index contributed by atoms with van der Waals surface area (Å²) in [5, 5.41) is 5.61. The number of hydrogen-bond donors (Lipinski definition) is 1. The van der Waals surface area contributed by atoms with Crippen molar-refractivity contribution in [3.05, 3.63) is 12.3 Å². The summed E-state index contributed by atoms with van der Waals surface area (Å²) < 4.78 is 4.83. The van der Waals surface area contributed by atoms with Crippen LogP contribution in [0.5, 0.6) is 0 Å². The lowest BCUT2D eigenvalue weighted by Crippen LogP contribution is -2.23. The van der Waals surface area contributed by atoms with Crippen molar-refractivity contribution in [2.45, 2.75) is 13.0 Å². The predicted molar refractivity (Wildman–Crippen MR) is 56.5 cm³/mol. The van der Waals surface area contributed by atoms with Crippen LogP contribution in [0, 0.1) is 0 Å². The number of hydrogen-bond acceptors (Lipinski definition) is 6. The Morgan fingerprint density at radius 3 is 3.29 bits per heavy atom. The summed E-state index contributed by atoms with van der Waals surface area (Å²) >= 11 is 1.56. The molecule has 1 unspecified atom stereocenters. The first kappa shape index (κ1) is 11.1. The molecule has 5 nitrogen and oxygen atoms in total. The quantitative estimate of drug-likeness (QED) is 0.541. The molecule has 0 aromatic rings. The Bertz CT molecular complexity index is 253. The van der Waals surface area contributed by atoms with Gasteiger partial charge in [-0.2, -0.15) is 5.10 Å². The average molecular weight is 215 g/mol. The molecule has 0 spiro atoms. The van der Waals surface area contributed by atoms with Gasteiger partial charge in [0.05, 0.1) is 11.4 Å². The van der Waals surface area contributed by atoms with E-state index in [0.29, 0.717) is 0 Å². The standard InChI is InChI=1S/C8H13N3O2S/c1-7(9)4-13-8(12)2-3-11-6-14-5-10-11/h2-3,5,7H,4,6,9H2,1H3. The Morgan fingerprint density at radius 2 is 2.71 bits per heavy atom. The Labute approximate surface area is 87.0 Å². The van der Waals surface area contributed by atoms with E-state index >= 15 is 0 Å². The smallest absolute Gasteiger partial charge is 0.332 e. The van der Waals surface area contributed by atoms with E-state index in [9.17, 15) is 4.79 Å². The second-order valence-corrected chi connectivity index (χ2v) is 3.68. The first-order valence-electron chi connectivity index (χ1n) is 4.19. The predicted octanol–water partition coefficient (Wildman–Crippen LogP) is 0.340. The van der Waals surface area contributed by atoms with Crippen molar-refractivity contribution in [2.24, 2.45) is 10.8 Å². The minimum Gasteiger partial charge on any atom is -0.461 e. The molecule has 0 aromatic heterocycles. The van der Waals surface area contributed by atoms with Crippen molar-refractivity contribution < 1.29 is 9.53 Å². The van der Waals surface area contributed by atoms with Crippen LogP contribution < -0.4 is 5.73 Å².